The van der Waals surface area contributed by atoms with Gasteiger partial charge >= 0.3 is 0 Å². The molecule has 1 heterocycles. The van der Waals surface area contributed by atoms with Crippen molar-refractivity contribution in [2.24, 2.45) is 0 Å². The van der Waals surface area contributed by atoms with E-state index in [0.29, 0.717) is 9.47 Å². The minimum atomic E-state index is -0.215. The first-order chi connectivity index (χ1) is 12.3. The van der Waals surface area contributed by atoms with Crippen LogP contribution < -0.4 is 16.0 Å². The van der Waals surface area contributed by atoms with Crippen LogP contribution >= 0.6 is 23.1 Å². The van der Waals surface area contributed by atoms with E-state index in [1.807, 2.05) is 26.0 Å². The Bertz CT molecular complexity index is 776. The smallest absolute Gasteiger partial charge is 0.239 e. The van der Waals surface area contributed by atoms with E-state index in [0.717, 1.165) is 5.69 Å². The number of nitrogens with one attached hydrogen (secondary N) is 3. The molecule has 0 aliphatic heterocycles. The van der Waals surface area contributed by atoms with Gasteiger partial charge in [-0.25, -0.2) is 0 Å². The van der Waals surface area contributed by atoms with Gasteiger partial charge in [0.2, 0.25) is 16.9 Å². The van der Waals surface area contributed by atoms with E-state index in [1.54, 1.807) is 0 Å². The lowest BCUT2D eigenvalue weighted by molar-refractivity contribution is -0.125. The van der Waals surface area contributed by atoms with Crippen LogP contribution in [0.15, 0.2) is 22.5 Å². The van der Waals surface area contributed by atoms with Gasteiger partial charge in [-0.2, -0.15) is 0 Å². The number of hydrogen-bond acceptors (Lipinski definition) is 7. The highest BCUT2D eigenvalue weighted by Gasteiger charge is 2.10. The molecule has 0 spiro atoms. The zero-order valence-corrected chi connectivity index (χ0v) is 16.9. The van der Waals surface area contributed by atoms with Crippen LogP contribution in [0.3, 0.4) is 0 Å². The third-order valence-electron chi connectivity index (χ3n) is 3.39. The number of amides is 2. The van der Waals surface area contributed by atoms with Crippen LogP contribution in [0, 0.1) is 13.8 Å². The van der Waals surface area contributed by atoms with Crippen LogP contribution in [0.25, 0.3) is 0 Å². The predicted molar refractivity (Wildman–Crippen MR) is 106 cm³/mol. The lowest BCUT2D eigenvalue weighted by atomic mass is 10.1. The van der Waals surface area contributed by atoms with E-state index in [-0.39, 0.29) is 30.2 Å². The number of hydrogen-bond donors (Lipinski definition) is 3. The van der Waals surface area contributed by atoms with Crippen LogP contribution in [0.1, 0.15) is 25.0 Å². The molecule has 2 amide bonds. The van der Waals surface area contributed by atoms with Crippen molar-refractivity contribution in [3.8, 4) is 0 Å². The van der Waals surface area contributed by atoms with Gasteiger partial charge in [-0.15, -0.1) is 10.2 Å². The summed E-state index contributed by atoms with van der Waals surface area (Å²) >= 11 is 2.68. The van der Waals surface area contributed by atoms with Crippen molar-refractivity contribution in [3.63, 3.8) is 0 Å². The van der Waals surface area contributed by atoms with Crippen molar-refractivity contribution in [1.29, 1.82) is 0 Å². The maximum Gasteiger partial charge on any atom is 0.239 e. The Morgan fingerprint density at radius 1 is 1.15 bits per heavy atom. The Morgan fingerprint density at radius 2 is 1.92 bits per heavy atom. The summed E-state index contributed by atoms with van der Waals surface area (Å²) in [7, 11) is 0. The normalized spacial score (nSPS) is 10.7. The molecule has 26 heavy (non-hydrogen) atoms. The number of rotatable bonds is 8. The van der Waals surface area contributed by atoms with Gasteiger partial charge in [0.1, 0.15) is 0 Å². The molecule has 0 unspecified atom stereocenters. The Morgan fingerprint density at radius 3 is 2.62 bits per heavy atom. The summed E-state index contributed by atoms with van der Waals surface area (Å²) in [5.74, 6) is -0.227. The third kappa shape index (κ3) is 6.64. The van der Waals surface area contributed by atoms with Crippen LogP contribution in [-0.2, 0) is 9.59 Å². The molecule has 3 N–H and O–H groups in total. The molecule has 1 aromatic carbocycles. The molecule has 9 heteroatoms. The molecular formula is C17H23N5O2S2. The van der Waals surface area contributed by atoms with E-state index in [4.69, 9.17) is 0 Å². The molecule has 2 aromatic rings. The molecule has 0 saturated heterocycles. The van der Waals surface area contributed by atoms with Crippen LogP contribution in [0.2, 0.25) is 0 Å². The molecule has 0 radical (unpaired) electrons. The lowest BCUT2D eigenvalue weighted by Gasteiger charge is -2.08. The molecule has 0 saturated carbocycles. The summed E-state index contributed by atoms with van der Waals surface area (Å²) in [5, 5.41) is 17.3. The van der Waals surface area contributed by atoms with Gasteiger partial charge in [0.15, 0.2) is 4.34 Å². The van der Waals surface area contributed by atoms with E-state index in [2.05, 4.69) is 46.1 Å². The van der Waals surface area contributed by atoms with E-state index < -0.39 is 0 Å². The second-order valence-electron chi connectivity index (χ2n) is 6.08. The number of aryl methyl sites for hydroxylation is 2. The van der Waals surface area contributed by atoms with Crippen molar-refractivity contribution in [1.82, 2.24) is 20.8 Å². The Labute approximate surface area is 161 Å². The molecular weight excluding hydrogens is 370 g/mol. The van der Waals surface area contributed by atoms with Crippen molar-refractivity contribution >= 4 is 45.7 Å². The monoisotopic (exact) mass is 393 g/mol. The maximum atomic E-state index is 11.8. The fourth-order valence-corrected chi connectivity index (χ4v) is 3.59. The molecule has 0 aliphatic carbocycles. The van der Waals surface area contributed by atoms with Gasteiger partial charge < -0.3 is 16.0 Å². The molecule has 140 valence electrons. The minimum absolute atomic E-state index is 0.0206. The van der Waals surface area contributed by atoms with Crippen molar-refractivity contribution < 1.29 is 9.59 Å². The first kappa shape index (κ1) is 20.2. The van der Waals surface area contributed by atoms with Crippen molar-refractivity contribution in [3.05, 3.63) is 29.3 Å². The Hall–Kier alpha value is -2.13. The maximum absolute atomic E-state index is 11.8. The van der Waals surface area contributed by atoms with Gasteiger partial charge in [0.25, 0.3) is 0 Å². The van der Waals surface area contributed by atoms with Crippen LogP contribution in [0.4, 0.5) is 10.8 Å². The van der Waals surface area contributed by atoms with E-state index >= 15 is 0 Å². The topological polar surface area (TPSA) is 96.0 Å². The van der Waals surface area contributed by atoms with Crippen molar-refractivity contribution in [2.75, 3.05) is 17.6 Å². The number of aromatic nitrogens is 2. The third-order valence-corrected chi connectivity index (χ3v) is 5.36. The second-order valence-corrected chi connectivity index (χ2v) is 8.28. The highest BCUT2D eigenvalue weighted by atomic mass is 32.2. The highest BCUT2D eigenvalue weighted by Crippen LogP contribution is 2.28. The molecule has 0 aliphatic rings. The molecule has 0 fully saturated rings. The largest absolute Gasteiger partial charge is 0.352 e. The van der Waals surface area contributed by atoms with Gasteiger partial charge in [-0.1, -0.05) is 29.2 Å². The summed E-state index contributed by atoms with van der Waals surface area (Å²) in [5.41, 5.74) is 3.39. The SMILES string of the molecule is Cc1ccc(Nc2nnc(SCC(=O)NCC(=O)NC(C)C)s2)cc1C. The number of thioether (sulfide) groups is 1. The number of carbonyl (C=O) groups excluding carboxylic acids is 2. The van der Waals surface area contributed by atoms with E-state index in [9.17, 15) is 9.59 Å². The average molecular weight is 394 g/mol. The summed E-state index contributed by atoms with van der Waals surface area (Å²) in [6.07, 6.45) is 0. The summed E-state index contributed by atoms with van der Waals surface area (Å²) in [6.45, 7) is 7.84. The zero-order valence-electron chi connectivity index (χ0n) is 15.3. The predicted octanol–water partition coefficient (Wildman–Crippen LogP) is 2.63. The average Bonchev–Trinajstić information content (AvgIpc) is 3.01. The number of carbonyl (C=O) groups is 2. The summed E-state index contributed by atoms with van der Waals surface area (Å²) in [4.78, 5) is 23.3. The fraction of sp³-hybridized carbons (Fsp3) is 0.412. The summed E-state index contributed by atoms with van der Waals surface area (Å²) < 4.78 is 0.693. The van der Waals surface area contributed by atoms with Crippen LogP contribution in [-0.4, -0.2) is 40.4 Å². The number of benzene rings is 1. The van der Waals surface area contributed by atoms with Gasteiger partial charge in [-0.05, 0) is 51.0 Å². The van der Waals surface area contributed by atoms with Gasteiger partial charge in [0.05, 0.1) is 12.3 Å². The van der Waals surface area contributed by atoms with Crippen LogP contribution in [0.5, 0.6) is 0 Å². The Kier molecular flexibility index (Phi) is 7.40. The molecule has 7 nitrogen and oxygen atoms in total. The van der Waals surface area contributed by atoms with Gasteiger partial charge in [-0.3, -0.25) is 9.59 Å². The summed E-state index contributed by atoms with van der Waals surface area (Å²) in [6, 6.07) is 6.15. The van der Waals surface area contributed by atoms with E-state index in [1.165, 1.54) is 34.2 Å². The zero-order chi connectivity index (χ0) is 19.1. The lowest BCUT2D eigenvalue weighted by Crippen LogP contribution is -2.40. The highest BCUT2D eigenvalue weighted by molar-refractivity contribution is 8.01. The fourth-order valence-electron chi connectivity index (χ4n) is 1.99. The number of anilines is 2. The number of nitrogens with zero attached hydrogens (tertiary/aromatic N) is 2. The first-order valence-corrected chi connectivity index (χ1v) is 10.0. The minimum Gasteiger partial charge on any atom is -0.352 e. The Balaban J connectivity index is 1.78. The van der Waals surface area contributed by atoms with Gasteiger partial charge in [0, 0.05) is 11.7 Å². The molecule has 0 atom stereocenters. The molecule has 1 aromatic heterocycles. The van der Waals surface area contributed by atoms with Crippen molar-refractivity contribution in [2.45, 2.75) is 38.1 Å². The standard InChI is InChI=1S/C17H23N5O2S2/c1-10(2)19-14(23)8-18-15(24)9-25-17-22-21-16(26-17)20-13-6-5-11(3)12(4)7-13/h5-7,10H,8-9H2,1-4H3,(H,18,24)(H,19,23)(H,20,21). The first-order valence-electron chi connectivity index (χ1n) is 8.20. The second kappa shape index (κ2) is 9.54. The molecule has 0 bridgehead atoms. The molecule has 2 rings (SSSR count). The quantitative estimate of drug-likeness (QED) is 0.597.